The third kappa shape index (κ3) is 1.57. The molecule has 0 rings (SSSR count). The van der Waals surface area contributed by atoms with Gasteiger partial charge in [-0.1, -0.05) is 0 Å². The van der Waals surface area contributed by atoms with Crippen molar-refractivity contribution in [1.29, 1.82) is 5.26 Å². The second kappa shape index (κ2) is 1.88. The number of nitriles is 1. The van der Waals surface area contributed by atoms with Gasteiger partial charge in [0, 0.05) is 0 Å². The third-order valence-corrected chi connectivity index (χ3v) is 1.27. The minimum Gasteiger partial charge on any atom is -0.204 e. The molecule has 0 atom stereocenters. The summed E-state index contributed by atoms with van der Waals surface area (Å²) < 4.78 is 52.1. The van der Waals surface area contributed by atoms with Crippen LogP contribution in [0.3, 0.4) is 0 Å². The largest absolute Gasteiger partial charge is 0.511 e. The third-order valence-electron chi connectivity index (χ3n) is 0.425. The lowest BCUT2D eigenvalue weighted by molar-refractivity contribution is -0.0421. The van der Waals surface area contributed by atoms with Crippen LogP contribution in [0.25, 0.3) is 0 Å². The molecular weight excluding hydrogens is 159 g/mol. The van der Waals surface area contributed by atoms with Crippen molar-refractivity contribution in [1.82, 2.24) is 0 Å². The van der Waals surface area contributed by atoms with Gasteiger partial charge in [0.05, 0.1) is 0 Å². The van der Waals surface area contributed by atoms with Crippen LogP contribution in [0.2, 0.25) is 0 Å². The van der Waals surface area contributed by atoms with Gasteiger partial charge in [0.1, 0.15) is 0 Å². The average Bonchev–Trinajstić information content (AvgIpc) is 1.64. The maximum Gasteiger partial charge on any atom is 0.511 e. The van der Waals surface area contributed by atoms with E-state index in [2.05, 4.69) is 0 Å². The van der Waals surface area contributed by atoms with E-state index >= 15 is 0 Å². The SMILES string of the molecule is N#CS(=O)(=O)C(F)(F)F. The second-order valence-corrected chi connectivity index (χ2v) is 2.69. The van der Waals surface area contributed by atoms with Crippen molar-refractivity contribution in [3.05, 3.63) is 0 Å². The molecular formula is C2F3NO2S. The summed E-state index contributed by atoms with van der Waals surface area (Å²) in [4.78, 5) is 0. The molecule has 0 saturated carbocycles. The summed E-state index contributed by atoms with van der Waals surface area (Å²) in [6, 6.07) is 0. The molecule has 0 unspecified atom stereocenters. The zero-order valence-electron chi connectivity index (χ0n) is 3.81. The Bertz CT molecular complexity index is 232. The Balaban J connectivity index is 4.86. The minimum atomic E-state index is -5.53. The Labute approximate surface area is 48.6 Å². The zero-order chi connectivity index (χ0) is 7.71. The van der Waals surface area contributed by atoms with E-state index in [-0.39, 0.29) is 5.40 Å². The summed E-state index contributed by atoms with van der Waals surface area (Å²) in [5.41, 5.74) is -5.44. The summed E-state index contributed by atoms with van der Waals surface area (Å²) in [7, 11) is -5.53. The summed E-state index contributed by atoms with van der Waals surface area (Å²) >= 11 is 0. The lowest BCUT2D eigenvalue weighted by Crippen LogP contribution is -2.20. The van der Waals surface area contributed by atoms with E-state index in [1.165, 1.54) is 0 Å². The molecule has 0 amide bonds. The topological polar surface area (TPSA) is 57.9 Å². The van der Waals surface area contributed by atoms with Crippen molar-refractivity contribution in [3.63, 3.8) is 0 Å². The van der Waals surface area contributed by atoms with Crippen molar-refractivity contribution >= 4 is 9.84 Å². The quantitative estimate of drug-likeness (QED) is 0.379. The number of halogens is 3. The maximum atomic E-state index is 11.0. The molecule has 9 heavy (non-hydrogen) atoms. The Morgan fingerprint density at radius 2 is 1.67 bits per heavy atom. The highest BCUT2D eigenvalue weighted by Gasteiger charge is 2.46. The highest BCUT2D eigenvalue weighted by atomic mass is 32.2. The zero-order valence-corrected chi connectivity index (χ0v) is 4.62. The van der Waals surface area contributed by atoms with E-state index in [1.807, 2.05) is 0 Å². The van der Waals surface area contributed by atoms with Gasteiger partial charge in [-0.25, -0.2) is 8.42 Å². The maximum absolute atomic E-state index is 11.0. The standard InChI is InChI=1S/C2F3NO2S/c3-2(4,5)9(7,8)1-6. The van der Waals surface area contributed by atoms with Gasteiger partial charge < -0.3 is 0 Å². The lowest BCUT2D eigenvalue weighted by atomic mass is 11.6. The minimum absolute atomic E-state index is 0.128. The van der Waals surface area contributed by atoms with E-state index < -0.39 is 15.3 Å². The fourth-order valence-electron chi connectivity index (χ4n) is 0.0518. The first-order valence-electron chi connectivity index (χ1n) is 1.53. The van der Waals surface area contributed by atoms with Gasteiger partial charge in [0.15, 0.2) is 0 Å². The Morgan fingerprint density at radius 1 is 1.33 bits per heavy atom. The van der Waals surface area contributed by atoms with Gasteiger partial charge in [-0.05, 0) is 0 Å². The molecule has 0 aromatic rings. The number of rotatable bonds is 0. The lowest BCUT2D eigenvalue weighted by Gasteiger charge is -1.96. The van der Waals surface area contributed by atoms with Crippen LogP contribution in [-0.4, -0.2) is 13.9 Å². The predicted octanol–water partition coefficient (Wildman–Crippen LogP) is 0.402. The average molecular weight is 159 g/mol. The molecule has 0 N–H and O–H groups in total. The van der Waals surface area contributed by atoms with Crippen LogP contribution >= 0.6 is 0 Å². The Kier molecular flexibility index (Phi) is 1.72. The first-order valence-corrected chi connectivity index (χ1v) is 3.02. The van der Waals surface area contributed by atoms with Crippen molar-refractivity contribution < 1.29 is 21.6 Å². The molecule has 0 aromatic carbocycles. The molecule has 0 heterocycles. The molecule has 0 fully saturated rings. The van der Waals surface area contributed by atoms with E-state index in [1.54, 1.807) is 0 Å². The number of thiocyanates is 1. The second-order valence-electron chi connectivity index (χ2n) is 1.04. The van der Waals surface area contributed by atoms with Crippen LogP contribution in [0.15, 0.2) is 0 Å². The van der Waals surface area contributed by atoms with Gasteiger partial charge in [-0.15, -0.1) is 0 Å². The van der Waals surface area contributed by atoms with Crippen LogP contribution in [0.4, 0.5) is 13.2 Å². The fraction of sp³-hybridized carbons (Fsp3) is 0.500. The van der Waals surface area contributed by atoms with Crippen molar-refractivity contribution in [2.24, 2.45) is 0 Å². The van der Waals surface area contributed by atoms with E-state index in [4.69, 9.17) is 5.26 Å². The molecule has 0 aliphatic carbocycles. The van der Waals surface area contributed by atoms with Gasteiger partial charge in [-0.3, -0.25) is 0 Å². The Hall–Kier alpha value is -0.770. The number of nitrogens with zero attached hydrogens (tertiary/aromatic N) is 1. The van der Waals surface area contributed by atoms with Gasteiger partial charge in [-0.2, -0.15) is 18.4 Å². The monoisotopic (exact) mass is 159 g/mol. The summed E-state index contributed by atoms with van der Waals surface area (Å²) in [5, 5.41) is 7.50. The van der Waals surface area contributed by atoms with Crippen LogP contribution in [0.5, 0.6) is 0 Å². The molecule has 52 valence electrons. The highest BCUT2D eigenvalue weighted by Crippen LogP contribution is 2.22. The first kappa shape index (κ1) is 8.23. The molecule has 7 heteroatoms. The summed E-state index contributed by atoms with van der Waals surface area (Å²) in [6.07, 6.45) is 0. The highest BCUT2D eigenvalue weighted by molar-refractivity contribution is 7.96. The molecule has 0 aliphatic rings. The Morgan fingerprint density at radius 3 is 1.67 bits per heavy atom. The molecule has 0 spiro atoms. The van der Waals surface area contributed by atoms with Crippen LogP contribution in [-0.2, 0) is 9.84 Å². The first-order chi connectivity index (χ1) is 3.81. The van der Waals surface area contributed by atoms with Gasteiger partial charge >= 0.3 is 15.3 Å². The summed E-state index contributed by atoms with van der Waals surface area (Å²) in [6.45, 7) is 0. The van der Waals surface area contributed by atoms with Crippen molar-refractivity contribution in [3.8, 4) is 5.40 Å². The molecule has 0 aliphatic heterocycles. The number of hydrogen-bond acceptors (Lipinski definition) is 3. The predicted molar refractivity (Wildman–Crippen MR) is 20.6 cm³/mol. The summed E-state index contributed by atoms with van der Waals surface area (Å²) in [5.74, 6) is 0. The molecule has 0 aromatic heterocycles. The number of hydrogen-bond donors (Lipinski definition) is 0. The van der Waals surface area contributed by atoms with Crippen molar-refractivity contribution in [2.45, 2.75) is 5.51 Å². The molecule has 3 nitrogen and oxygen atoms in total. The molecule has 0 saturated heterocycles. The van der Waals surface area contributed by atoms with Gasteiger partial charge in [0.2, 0.25) is 5.40 Å². The number of sulfone groups is 1. The fourth-order valence-corrected chi connectivity index (χ4v) is 0.155. The van der Waals surface area contributed by atoms with Gasteiger partial charge in [0.25, 0.3) is 0 Å². The molecule has 0 bridgehead atoms. The van der Waals surface area contributed by atoms with Crippen LogP contribution in [0.1, 0.15) is 0 Å². The van der Waals surface area contributed by atoms with Crippen molar-refractivity contribution in [2.75, 3.05) is 0 Å². The normalized spacial score (nSPS) is 12.7. The van der Waals surface area contributed by atoms with E-state index in [0.29, 0.717) is 0 Å². The molecule has 0 radical (unpaired) electrons. The smallest absolute Gasteiger partial charge is 0.204 e. The number of alkyl halides is 3. The van der Waals surface area contributed by atoms with E-state index in [9.17, 15) is 21.6 Å². The van der Waals surface area contributed by atoms with Crippen LogP contribution < -0.4 is 0 Å². The van der Waals surface area contributed by atoms with Crippen LogP contribution in [0, 0.1) is 10.7 Å². The van der Waals surface area contributed by atoms with E-state index in [0.717, 1.165) is 0 Å².